The lowest BCUT2D eigenvalue weighted by molar-refractivity contribution is 0.0691. The van der Waals surface area contributed by atoms with Crippen LogP contribution in [0, 0.1) is 11.6 Å². The Hall–Kier alpha value is -4.06. The van der Waals surface area contributed by atoms with E-state index in [9.17, 15) is 22.9 Å². The molecule has 0 aliphatic heterocycles. The molecule has 2 aromatic heterocycles. The normalized spacial score (nSPS) is 13.9. The van der Waals surface area contributed by atoms with E-state index in [-0.39, 0.29) is 22.3 Å². The van der Waals surface area contributed by atoms with Crippen molar-refractivity contribution in [1.82, 2.24) is 14.8 Å². The van der Waals surface area contributed by atoms with Gasteiger partial charge in [0.05, 0.1) is 16.3 Å². The fraction of sp³-hybridized carbons (Fsp3) is 0.138. The number of nitrogens with two attached hydrogens (primary N) is 1. The summed E-state index contributed by atoms with van der Waals surface area (Å²) in [6.07, 6.45) is 2.20. The number of thiazole rings is 1. The van der Waals surface area contributed by atoms with Crippen LogP contribution in [-0.4, -0.2) is 30.0 Å². The highest BCUT2D eigenvalue weighted by Crippen LogP contribution is 2.46. The SMILES string of the molecule is NS(=O)c1ccc(Cc2c(-c3cccc(-c4ccc(F)cc4)c3)nn(-c3nc(C(=O)O)cs3)c2C2CC2)cc1F. The van der Waals surface area contributed by atoms with Crippen molar-refractivity contribution in [3.05, 3.63) is 106 Å². The summed E-state index contributed by atoms with van der Waals surface area (Å²) in [6.45, 7) is 0. The van der Waals surface area contributed by atoms with Gasteiger partial charge < -0.3 is 5.11 Å². The van der Waals surface area contributed by atoms with Crippen molar-refractivity contribution in [1.29, 1.82) is 0 Å². The summed E-state index contributed by atoms with van der Waals surface area (Å²) in [5, 5.41) is 21.7. The van der Waals surface area contributed by atoms with Gasteiger partial charge >= 0.3 is 5.97 Å². The van der Waals surface area contributed by atoms with E-state index < -0.39 is 22.8 Å². The Morgan fingerprint density at radius 1 is 1.05 bits per heavy atom. The fourth-order valence-electron chi connectivity index (χ4n) is 4.76. The fourth-order valence-corrected chi connectivity index (χ4v) is 5.98. The largest absolute Gasteiger partial charge is 0.476 e. The number of rotatable bonds is 8. The molecule has 1 unspecified atom stereocenters. The summed E-state index contributed by atoms with van der Waals surface area (Å²) in [5.74, 6) is -1.90. The molecule has 0 amide bonds. The zero-order valence-electron chi connectivity index (χ0n) is 20.9. The molecule has 1 atom stereocenters. The first-order valence-electron chi connectivity index (χ1n) is 12.4. The summed E-state index contributed by atoms with van der Waals surface area (Å²) < 4.78 is 41.7. The number of aromatic nitrogens is 3. The molecule has 1 saturated carbocycles. The predicted octanol–water partition coefficient (Wildman–Crippen LogP) is 6.09. The van der Waals surface area contributed by atoms with E-state index in [0.717, 1.165) is 40.8 Å². The van der Waals surface area contributed by atoms with Crippen LogP contribution in [0.1, 0.15) is 46.1 Å². The molecule has 0 spiro atoms. The predicted molar refractivity (Wildman–Crippen MR) is 149 cm³/mol. The van der Waals surface area contributed by atoms with Crippen molar-refractivity contribution in [2.45, 2.75) is 30.1 Å². The zero-order chi connectivity index (χ0) is 28.0. The zero-order valence-corrected chi connectivity index (χ0v) is 22.5. The van der Waals surface area contributed by atoms with Crippen LogP contribution >= 0.6 is 11.3 Å². The maximum atomic E-state index is 14.7. The number of carboxylic acids is 1. The maximum Gasteiger partial charge on any atom is 0.355 e. The van der Waals surface area contributed by atoms with E-state index >= 15 is 0 Å². The highest BCUT2D eigenvalue weighted by Gasteiger charge is 2.34. The van der Waals surface area contributed by atoms with Gasteiger partial charge in [0.15, 0.2) is 5.69 Å². The van der Waals surface area contributed by atoms with Gasteiger partial charge in [-0.25, -0.2) is 32.6 Å². The van der Waals surface area contributed by atoms with Gasteiger partial charge in [0, 0.05) is 28.8 Å². The quantitative estimate of drug-likeness (QED) is 0.232. The van der Waals surface area contributed by atoms with Crippen LogP contribution in [0.2, 0.25) is 0 Å². The van der Waals surface area contributed by atoms with Crippen LogP contribution in [0.4, 0.5) is 8.78 Å². The van der Waals surface area contributed by atoms with Crippen molar-refractivity contribution in [3.8, 4) is 27.5 Å². The Morgan fingerprint density at radius 2 is 1.80 bits per heavy atom. The average molecular weight is 577 g/mol. The lowest BCUT2D eigenvalue weighted by Gasteiger charge is -2.10. The van der Waals surface area contributed by atoms with E-state index in [0.29, 0.717) is 22.8 Å². The van der Waals surface area contributed by atoms with E-state index in [1.165, 1.54) is 41.0 Å². The Bertz CT molecular complexity index is 1780. The first kappa shape index (κ1) is 26.2. The molecule has 5 aromatic rings. The Morgan fingerprint density at radius 3 is 2.45 bits per heavy atom. The summed E-state index contributed by atoms with van der Waals surface area (Å²) in [6, 6.07) is 18.4. The smallest absolute Gasteiger partial charge is 0.355 e. The minimum absolute atomic E-state index is 0.0638. The number of carboxylic acid groups (broad SMARTS) is 1. The number of carbonyl (C=O) groups is 1. The first-order valence-corrected chi connectivity index (χ1v) is 14.5. The second-order valence-corrected chi connectivity index (χ2v) is 11.4. The number of nitrogens with zero attached hydrogens (tertiary/aromatic N) is 3. The summed E-state index contributed by atoms with van der Waals surface area (Å²) in [5.41, 5.74) is 5.52. The topological polar surface area (TPSA) is 111 Å². The Labute approximate surface area is 234 Å². The highest BCUT2D eigenvalue weighted by atomic mass is 32.2. The molecule has 3 aromatic carbocycles. The van der Waals surface area contributed by atoms with Crippen molar-refractivity contribution < 1.29 is 22.9 Å². The van der Waals surface area contributed by atoms with Crippen LogP contribution in [0.15, 0.2) is 77.0 Å². The summed E-state index contributed by atoms with van der Waals surface area (Å²) in [4.78, 5) is 15.8. The standard InChI is InChI=1S/C29H22F2N4O3S2/c30-21-9-7-17(8-10-21)19-2-1-3-20(14-19)26-22(12-16-4-11-25(40(32)38)23(31)13-16)27(18-5-6-18)35(34-26)29-33-24(15-39-29)28(36)37/h1-4,7-11,13-15,18H,5-6,12,32H2,(H,36,37). The summed E-state index contributed by atoms with van der Waals surface area (Å²) in [7, 11) is -1.95. The molecular weight excluding hydrogens is 554 g/mol. The van der Waals surface area contributed by atoms with Gasteiger partial charge in [-0.1, -0.05) is 36.4 Å². The molecule has 1 aliphatic rings. The molecule has 0 saturated heterocycles. The molecule has 1 fully saturated rings. The first-order chi connectivity index (χ1) is 19.3. The Balaban J connectivity index is 1.52. The van der Waals surface area contributed by atoms with Gasteiger partial charge in [0.2, 0.25) is 5.13 Å². The van der Waals surface area contributed by atoms with E-state index in [1.54, 1.807) is 22.9 Å². The molecule has 7 nitrogen and oxygen atoms in total. The van der Waals surface area contributed by atoms with Crippen LogP contribution in [0.5, 0.6) is 0 Å². The number of halogens is 2. The van der Waals surface area contributed by atoms with Crippen molar-refractivity contribution >= 4 is 28.3 Å². The molecular formula is C29H22F2N4O3S2. The van der Waals surface area contributed by atoms with Gasteiger partial charge in [0.1, 0.15) is 22.6 Å². The molecule has 2 heterocycles. The van der Waals surface area contributed by atoms with Gasteiger partial charge in [-0.2, -0.15) is 5.10 Å². The molecule has 6 rings (SSSR count). The second-order valence-electron chi connectivity index (χ2n) is 9.55. The van der Waals surface area contributed by atoms with E-state index in [1.807, 2.05) is 24.3 Å². The molecule has 3 N–H and O–H groups in total. The molecule has 0 radical (unpaired) electrons. The van der Waals surface area contributed by atoms with Gasteiger partial charge in [0.25, 0.3) is 0 Å². The van der Waals surface area contributed by atoms with Gasteiger partial charge in [-0.3, -0.25) is 0 Å². The molecule has 11 heteroatoms. The van der Waals surface area contributed by atoms with Crippen LogP contribution in [0.25, 0.3) is 27.5 Å². The Kier molecular flexibility index (Phi) is 6.87. The van der Waals surface area contributed by atoms with Crippen molar-refractivity contribution in [2.24, 2.45) is 5.14 Å². The third-order valence-corrected chi connectivity index (χ3v) is 8.37. The van der Waals surface area contributed by atoms with Crippen LogP contribution < -0.4 is 5.14 Å². The monoisotopic (exact) mass is 576 g/mol. The number of hydrogen-bond donors (Lipinski definition) is 2. The lowest BCUT2D eigenvalue weighted by atomic mass is 9.95. The van der Waals surface area contributed by atoms with Crippen molar-refractivity contribution in [3.63, 3.8) is 0 Å². The molecule has 202 valence electrons. The van der Waals surface area contributed by atoms with E-state index in [2.05, 4.69) is 4.98 Å². The minimum Gasteiger partial charge on any atom is -0.476 e. The van der Waals surface area contributed by atoms with Crippen molar-refractivity contribution in [2.75, 3.05) is 0 Å². The molecule has 40 heavy (non-hydrogen) atoms. The maximum absolute atomic E-state index is 14.7. The number of aromatic carboxylic acids is 1. The molecule has 1 aliphatic carbocycles. The van der Waals surface area contributed by atoms with E-state index in [4.69, 9.17) is 10.2 Å². The third kappa shape index (κ3) is 5.10. The van der Waals surface area contributed by atoms with Crippen LogP contribution in [0.3, 0.4) is 0 Å². The van der Waals surface area contributed by atoms with Gasteiger partial charge in [-0.15, -0.1) is 11.3 Å². The second kappa shape index (κ2) is 10.5. The molecule has 0 bridgehead atoms. The third-order valence-electron chi connectivity index (χ3n) is 6.79. The minimum atomic E-state index is -1.95. The van der Waals surface area contributed by atoms with Crippen LogP contribution in [-0.2, 0) is 17.4 Å². The lowest BCUT2D eigenvalue weighted by Crippen LogP contribution is -2.06. The average Bonchev–Trinajstić information content (AvgIpc) is 3.51. The number of benzene rings is 3. The summed E-state index contributed by atoms with van der Waals surface area (Å²) >= 11 is 1.19. The number of hydrogen-bond acceptors (Lipinski definition) is 5. The highest BCUT2D eigenvalue weighted by molar-refractivity contribution is 7.82. The van der Waals surface area contributed by atoms with Gasteiger partial charge in [-0.05, 0) is 59.9 Å².